The number of phenols is 1. The lowest BCUT2D eigenvalue weighted by atomic mass is 9.88. The summed E-state index contributed by atoms with van der Waals surface area (Å²) in [5.41, 5.74) is 1.51. The van der Waals surface area contributed by atoms with Crippen molar-refractivity contribution < 1.29 is 14.6 Å². The van der Waals surface area contributed by atoms with Crippen LogP contribution in [0.5, 0.6) is 5.75 Å². The molecule has 1 aromatic heterocycles. The van der Waals surface area contributed by atoms with E-state index in [-0.39, 0.29) is 23.8 Å². The molecule has 2 aromatic rings. The van der Waals surface area contributed by atoms with Crippen LogP contribution in [0.15, 0.2) is 36.5 Å². The van der Waals surface area contributed by atoms with Crippen molar-refractivity contribution in [2.24, 2.45) is 0 Å². The first-order chi connectivity index (χ1) is 16.1. The number of phenolic OH excluding ortho intramolecular Hbond substituents is 1. The molecule has 176 valence electrons. The van der Waals surface area contributed by atoms with Crippen LogP contribution < -0.4 is 10.2 Å². The first-order valence-corrected chi connectivity index (χ1v) is 12.1. The second-order valence-corrected chi connectivity index (χ2v) is 9.51. The van der Waals surface area contributed by atoms with E-state index >= 15 is 0 Å². The van der Waals surface area contributed by atoms with Crippen LogP contribution in [0.1, 0.15) is 38.5 Å². The fourth-order valence-electron chi connectivity index (χ4n) is 5.05. The maximum Gasteiger partial charge on any atom is 0.254 e. The standard InChI is InChI=1S/C25H33N5O3/c1-29(18-8-12-26-13-9-18)24(32)25(33-20-6-7-20)10-14-30(15-11-25)19-16-22(28-27-17-19)21-4-2-3-5-23(21)31/h2-5,16-18,20,26,31H,6-15H2,1H3. The molecule has 33 heavy (non-hydrogen) atoms. The topological polar surface area (TPSA) is 90.8 Å². The van der Waals surface area contributed by atoms with Gasteiger partial charge in [-0.15, -0.1) is 0 Å². The van der Waals surface area contributed by atoms with Crippen LogP contribution >= 0.6 is 0 Å². The molecule has 0 spiro atoms. The molecule has 0 unspecified atom stereocenters. The van der Waals surface area contributed by atoms with Crippen LogP contribution in [-0.2, 0) is 9.53 Å². The quantitative estimate of drug-likeness (QED) is 0.698. The van der Waals surface area contributed by atoms with Crippen molar-refractivity contribution in [2.75, 3.05) is 38.1 Å². The van der Waals surface area contributed by atoms with Crippen molar-refractivity contribution in [3.8, 4) is 17.0 Å². The molecule has 3 heterocycles. The van der Waals surface area contributed by atoms with Crippen molar-refractivity contribution in [3.63, 3.8) is 0 Å². The van der Waals surface area contributed by atoms with Gasteiger partial charge in [0, 0.05) is 44.6 Å². The molecule has 8 nitrogen and oxygen atoms in total. The van der Waals surface area contributed by atoms with Gasteiger partial charge >= 0.3 is 0 Å². The van der Waals surface area contributed by atoms with Gasteiger partial charge in [0.15, 0.2) is 5.60 Å². The van der Waals surface area contributed by atoms with Crippen LogP contribution in [0.3, 0.4) is 0 Å². The molecule has 3 fully saturated rings. The summed E-state index contributed by atoms with van der Waals surface area (Å²) in [5.74, 6) is 0.328. The van der Waals surface area contributed by atoms with Gasteiger partial charge in [-0.2, -0.15) is 10.2 Å². The van der Waals surface area contributed by atoms with Gasteiger partial charge in [-0.25, -0.2) is 0 Å². The second-order valence-electron chi connectivity index (χ2n) is 9.51. The Morgan fingerprint density at radius 3 is 2.61 bits per heavy atom. The van der Waals surface area contributed by atoms with E-state index < -0.39 is 5.60 Å². The van der Waals surface area contributed by atoms with Crippen molar-refractivity contribution in [3.05, 3.63) is 36.5 Å². The van der Waals surface area contributed by atoms with Gasteiger partial charge in [-0.05, 0) is 57.0 Å². The number of para-hydroxylation sites is 1. The van der Waals surface area contributed by atoms with Crippen molar-refractivity contribution in [2.45, 2.75) is 56.3 Å². The third-order valence-electron chi connectivity index (χ3n) is 7.24. The Bertz CT molecular complexity index is 982. The molecule has 0 radical (unpaired) electrons. The fourth-order valence-corrected chi connectivity index (χ4v) is 5.05. The van der Waals surface area contributed by atoms with E-state index in [9.17, 15) is 9.90 Å². The number of anilines is 1. The maximum absolute atomic E-state index is 13.7. The number of hydrogen-bond donors (Lipinski definition) is 2. The number of nitrogens with one attached hydrogen (secondary N) is 1. The molecule has 0 atom stereocenters. The van der Waals surface area contributed by atoms with Crippen LogP contribution in [0.2, 0.25) is 0 Å². The Kier molecular flexibility index (Phi) is 6.21. The largest absolute Gasteiger partial charge is 0.507 e. The molecule has 2 N–H and O–H groups in total. The number of nitrogens with zero attached hydrogens (tertiary/aromatic N) is 4. The number of carbonyl (C=O) groups excluding carboxylic acids is 1. The predicted molar refractivity (Wildman–Crippen MR) is 126 cm³/mol. The lowest BCUT2D eigenvalue weighted by Crippen LogP contribution is -2.58. The number of ether oxygens (including phenoxy) is 1. The number of carbonyl (C=O) groups is 1. The molecule has 1 aliphatic carbocycles. The number of likely N-dealkylation sites (N-methyl/N-ethyl adjacent to an activating group) is 1. The monoisotopic (exact) mass is 451 g/mol. The van der Waals surface area contributed by atoms with Gasteiger partial charge in [0.2, 0.25) is 0 Å². The minimum atomic E-state index is -0.738. The Balaban J connectivity index is 1.32. The smallest absolute Gasteiger partial charge is 0.254 e. The summed E-state index contributed by atoms with van der Waals surface area (Å²) in [6.07, 6.45) is 7.37. The zero-order chi connectivity index (χ0) is 22.8. The normalized spacial score (nSPS) is 21.1. The van der Waals surface area contributed by atoms with E-state index in [1.165, 1.54) is 0 Å². The van der Waals surface area contributed by atoms with E-state index in [0.717, 1.165) is 44.5 Å². The molecule has 2 saturated heterocycles. The molecule has 3 aliphatic rings. The average Bonchev–Trinajstić information content (AvgIpc) is 3.68. The number of piperidine rings is 2. The number of benzene rings is 1. The minimum Gasteiger partial charge on any atom is -0.507 e. The first-order valence-electron chi connectivity index (χ1n) is 12.1. The highest BCUT2D eigenvalue weighted by atomic mass is 16.5. The zero-order valence-corrected chi connectivity index (χ0v) is 19.2. The first kappa shape index (κ1) is 22.1. The lowest BCUT2D eigenvalue weighted by molar-refractivity contribution is -0.165. The third kappa shape index (κ3) is 4.68. The van der Waals surface area contributed by atoms with E-state index in [2.05, 4.69) is 20.4 Å². The summed E-state index contributed by atoms with van der Waals surface area (Å²) in [6, 6.07) is 9.39. The number of amides is 1. The number of aromatic nitrogens is 2. The number of hydrogen-bond acceptors (Lipinski definition) is 7. The summed E-state index contributed by atoms with van der Waals surface area (Å²) < 4.78 is 6.46. The Hall–Kier alpha value is -2.71. The molecule has 2 aliphatic heterocycles. The van der Waals surface area contributed by atoms with E-state index in [4.69, 9.17) is 4.74 Å². The van der Waals surface area contributed by atoms with E-state index in [1.807, 2.05) is 30.1 Å². The summed E-state index contributed by atoms with van der Waals surface area (Å²) in [7, 11) is 1.95. The SMILES string of the molecule is CN(C(=O)C1(OC2CC2)CCN(c2cnnc(-c3ccccc3O)c2)CC1)C1CCNCC1. The van der Waals surface area contributed by atoms with Crippen molar-refractivity contribution >= 4 is 11.6 Å². The highest BCUT2D eigenvalue weighted by Crippen LogP contribution is 2.38. The Morgan fingerprint density at radius 2 is 1.91 bits per heavy atom. The molecular weight excluding hydrogens is 418 g/mol. The number of rotatable bonds is 6. The Labute approximate surface area is 194 Å². The van der Waals surface area contributed by atoms with Gasteiger partial charge < -0.3 is 25.0 Å². The van der Waals surface area contributed by atoms with Crippen molar-refractivity contribution in [1.82, 2.24) is 20.4 Å². The average molecular weight is 452 g/mol. The molecule has 0 bridgehead atoms. The summed E-state index contributed by atoms with van der Waals surface area (Å²) in [6.45, 7) is 3.34. The second kappa shape index (κ2) is 9.27. The van der Waals surface area contributed by atoms with Gasteiger partial charge in [0.1, 0.15) is 5.75 Å². The highest BCUT2D eigenvalue weighted by molar-refractivity contribution is 5.86. The summed E-state index contributed by atoms with van der Waals surface area (Å²) in [4.78, 5) is 17.9. The van der Waals surface area contributed by atoms with Crippen LogP contribution in [-0.4, -0.2) is 77.1 Å². The van der Waals surface area contributed by atoms with Gasteiger partial charge in [-0.1, -0.05) is 12.1 Å². The Morgan fingerprint density at radius 1 is 1.18 bits per heavy atom. The third-order valence-corrected chi connectivity index (χ3v) is 7.24. The molecule has 5 rings (SSSR count). The van der Waals surface area contributed by atoms with Crippen LogP contribution in [0.25, 0.3) is 11.3 Å². The van der Waals surface area contributed by atoms with E-state index in [0.29, 0.717) is 37.2 Å². The lowest BCUT2D eigenvalue weighted by Gasteiger charge is -2.45. The molecule has 1 aromatic carbocycles. The van der Waals surface area contributed by atoms with Crippen LogP contribution in [0, 0.1) is 0 Å². The molecular formula is C25H33N5O3. The summed E-state index contributed by atoms with van der Waals surface area (Å²) >= 11 is 0. The zero-order valence-electron chi connectivity index (χ0n) is 19.2. The molecule has 8 heteroatoms. The van der Waals surface area contributed by atoms with Crippen LogP contribution in [0.4, 0.5) is 5.69 Å². The molecule has 1 amide bonds. The minimum absolute atomic E-state index is 0.142. The predicted octanol–water partition coefficient (Wildman–Crippen LogP) is 2.58. The van der Waals surface area contributed by atoms with Gasteiger partial charge in [0.25, 0.3) is 5.91 Å². The van der Waals surface area contributed by atoms with Gasteiger partial charge in [0.05, 0.1) is 23.7 Å². The summed E-state index contributed by atoms with van der Waals surface area (Å²) in [5, 5.41) is 22.0. The molecule has 1 saturated carbocycles. The maximum atomic E-state index is 13.7. The van der Waals surface area contributed by atoms with Gasteiger partial charge in [-0.3, -0.25) is 4.79 Å². The van der Waals surface area contributed by atoms with Crippen molar-refractivity contribution in [1.29, 1.82) is 0 Å². The van der Waals surface area contributed by atoms with E-state index in [1.54, 1.807) is 18.3 Å². The fraction of sp³-hybridized carbons (Fsp3) is 0.560. The highest BCUT2D eigenvalue weighted by Gasteiger charge is 2.48. The number of aromatic hydroxyl groups is 1.